The fraction of sp³-hybridized carbons (Fsp3) is 0. The lowest BCUT2D eigenvalue weighted by Crippen LogP contribution is -2.06. The van der Waals surface area contributed by atoms with Crippen LogP contribution in [0.5, 0.6) is 0 Å². The van der Waals surface area contributed by atoms with E-state index in [1.165, 1.54) is 0 Å². The number of aromatic nitrogens is 4. The number of hydrogen-bond donors (Lipinski definition) is 0. The van der Waals surface area contributed by atoms with Crippen molar-refractivity contribution in [1.82, 2.24) is 19.5 Å². The number of rotatable bonds is 7. The van der Waals surface area contributed by atoms with Crippen molar-refractivity contribution in [3.8, 4) is 73.2 Å². The molecule has 55 heavy (non-hydrogen) atoms. The number of hydrogen-bond acceptors (Lipinski definition) is 3. The van der Waals surface area contributed by atoms with Gasteiger partial charge in [-0.25, -0.2) is 4.98 Å². The summed E-state index contributed by atoms with van der Waals surface area (Å²) in [5, 5.41) is 1.07. The van der Waals surface area contributed by atoms with Gasteiger partial charge in [0.25, 0.3) is 0 Å². The van der Waals surface area contributed by atoms with Crippen LogP contribution < -0.4 is 0 Å². The summed E-state index contributed by atoms with van der Waals surface area (Å²) in [7, 11) is 0. The van der Waals surface area contributed by atoms with Gasteiger partial charge in [-0.05, 0) is 74.8 Å². The lowest BCUT2D eigenvalue weighted by Gasteiger charge is -2.13. The quantitative estimate of drug-likeness (QED) is 0.166. The van der Waals surface area contributed by atoms with Gasteiger partial charge in [0.1, 0.15) is 0 Å². The highest BCUT2D eigenvalue weighted by Gasteiger charge is 2.20. The van der Waals surface area contributed by atoms with Crippen LogP contribution >= 0.6 is 0 Å². The fourth-order valence-electron chi connectivity index (χ4n) is 7.34. The van der Waals surface area contributed by atoms with Gasteiger partial charge in [0.15, 0.2) is 11.6 Å². The van der Waals surface area contributed by atoms with E-state index < -0.39 is 0 Å². The van der Waals surface area contributed by atoms with Crippen molar-refractivity contribution in [3.05, 3.63) is 206 Å². The molecule has 4 nitrogen and oxygen atoms in total. The molecule has 0 unspecified atom stereocenters. The summed E-state index contributed by atoms with van der Waals surface area (Å²) in [6, 6.07) is 59.9. The van der Waals surface area contributed by atoms with Crippen LogP contribution in [-0.2, 0) is 0 Å². The molecule has 0 saturated carbocycles. The second-order valence-electron chi connectivity index (χ2n) is 13.4. The first kappa shape index (κ1) is 28.1. The van der Waals surface area contributed by atoms with Crippen LogP contribution in [0.1, 0.15) is 5.48 Å². The molecule has 0 atom stereocenters. The van der Waals surface area contributed by atoms with Gasteiger partial charge in [-0.2, -0.15) is 9.97 Å². The van der Waals surface area contributed by atoms with Gasteiger partial charge in [-0.3, -0.25) is 4.57 Å². The van der Waals surface area contributed by atoms with Crippen molar-refractivity contribution >= 4 is 21.8 Å². The molecule has 10 aromatic rings. The first-order chi connectivity index (χ1) is 28.9. The number of benzene rings is 8. The fourth-order valence-corrected chi connectivity index (χ4v) is 7.34. The van der Waals surface area contributed by atoms with Crippen molar-refractivity contribution in [1.29, 1.82) is 0 Å². The Morgan fingerprint density at radius 1 is 0.364 bits per heavy atom. The maximum Gasteiger partial charge on any atom is 0.238 e. The Kier molecular flexibility index (Phi) is 7.08. The summed E-state index contributed by atoms with van der Waals surface area (Å²) in [6.07, 6.45) is 0. The summed E-state index contributed by atoms with van der Waals surface area (Å²) in [5.74, 6) is 1.11. The molecule has 0 fully saturated rings. The minimum atomic E-state index is -0.334. The van der Waals surface area contributed by atoms with E-state index in [1.807, 2.05) is 127 Å². The summed E-state index contributed by atoms with van der Waals surface area (Å²) >= 11 is 0. The third-order valence-electron chi connectivity index (χ3n) is 9.99. The van der Waals surface area contributed by atoms with Crippen LogP contribution in [0.3, 0.4) is 0 Å². The Morgan fingerprint density at radius 2 is 0.818 bits per heavy atom. The normalized spacial score (nSPS) is 12.3. The zero-order chi connectivity index (χ0) is 40.0. The molecule has 0 aliphatic rings. The molecule has 0 aliphatic carbocycles. The van der Waals surface area contributed by atoms with E-state index in [4.69, 9.17) is 17.7 Å². The van der Waals surface area contributed by atoms with E-state index >= 15 is 0 Å². The molecule has 0 aliphatic heterocycles. The maximum absolute atomic E-state index is 9.38. The predicted octanol–water partition coefficient (Wildman–Crippen LogP) is 13.0. The molecule has 0 radical (unpaired) electrons. The number of fused-ring (bicyclic) bond motifs is 3. The number of para-hydroxylation sites is 1. The topological polar surface area (TPSA) is 43.6 Å². The Hall–Kier alpha value is -7.43. The predicted molar refractivity (Wildman–Crippen MR) is 227 cm³/mol. The van der Waals surface area contributed by atoms with E-state index in [1.54, 1.807) is 4.57 Å². The summed E-state index contributed by atoms with van der Waals surface area (Å²) in [6.45, 7) is 0. The molecule has 0 N–H and O–H groups in total. The van der Waals surface area contributed by atoms with Crippen LogP contribution in [0, 0.1) is 0 Å². The molecular formula is C51H34N4. The maximum atomic E-state index is 9.38. The molecule has 2 aromatic heterocycles. The highest BCUT2D eigenvalue weighted by atomic mass is 15.2. The van der Waals surface area contributed by atoms with Gasteiger partial charge >= 0.3 is 0 Å². The third kappa shape index (κ3) is 6.06. The van der Waals surface area contributed by atoms with E-state index in [0.29, 0.717) is 27.9 Å². The molecule has 258 valence electrons. The van der Waals surface area contributed by atoms with E-state index in [0.717, 1.165) is 55.6 Å². The molecule has 0 spiro atoms. The van der Waals surface area contributed by atoms with Crippen LogP contribution in [0.15, 0.2) is 206 Å². The molecule has 4 heteroatoms. The van der Waals surface area contributed by atoms with Gasteiger partial charge in [-0.15, -0.1) is 0 Å². The summed E-state index contributed by atoms with van der Waals surface area (Å²) in [5.41, 5.74) is 10.6. The highest BCUT2D eigenvalue weighted by molar-refractivity contribution is 6.16. The van der Waals surface area contributed by atoms with Gasteiger partial charge in [-0.1, -0.05) is 176 Å². The Labute approximate surface area is 325 Å². The molecule has 10 rings (SSSR count). The monoisotopic (exact) mass is 706 g/mol. The van der Waals surface area contributed by atoms with Crippen LogP contribution in [0.4, 0.5) is 0 Å². The second-order valence-corrected chi connectivity index (χ2v) is 13.4. The molecule has 0 saturated heterocycles. The highest BCUT2D eigenvalue weighted by Crippen LogP contribution is 2.41. The van der Waals surface area contributed by atoms with Crippen molar-refractivity contribution in [2.75, 3.05) is 0 Å². The van der Waals surface area contributed by atoms with Crippen molar-refractivity contribution in [3.63, 3.8) is 0 Å². The lowest BCUT2D eigenvalue weighted by molar-refractivity contribution is 0.953. The van der Waals surface area contributed by atoms with Crippen molar-refractivity contribution in [2.45, 2.75) is 0 Å². The molecular weight excluding hydrogens is 669 g/mol. The summed E-state index contributed by atoms with van der Waals surface area (Å²) in [4.78, 5) is 15.1. The summed E-state index contributed by atoms with van der Waals surface area (Å²) < 4.78 is 38.2. The van der Waals surface area contributed by atoms with Gasteiger partial charge in [0.05, 0.1) is 16.5 Å². The van der Waals surface area contributed by atoms with E-state index in [2.05, 4.69) is 54.6 Å². The van der Waals surface area contributed by atoms with E-state index in [9.17, 15) is 2.74 Å². The first-order valence-electron chi connectivity index (χ1n) is 20.2. The molecule has 0 bridgehead atoms. The van der Waals surface area contributed by atoms with E-state index in [-0.39, 0.29) is 35.6 Å². The first-order valence-corrected chi connectivity index (χ1v) is 18.2. The van der Waals surface area contributed by atoms with Crippen molar-refractivity contribution < 1.29 is 5.48 Å². The average Bonchev–Trinajstić information content (AvgIpc) is 3.67. The van der Waals surface area contributed by atoms with Gasteiger partial charge < -0.3 is 0 Å². The minimum absolute atomic E-state index is 0.131. The molecule has 0 amide bonds. The molecule has 2 heterocycles. The number of nitrogens with zero attached hydrogens (tertiary/aromatic N) is 4. The standard InChI is InChI=1S/C51H34N4/c1-5-16-35(17-6-1)38-28-30-40(31-29-38)50-52-49(39-22-11-4-12-23-39)53-51(54-50)55-46-26-14-13-24-45(46)48-44(25-15-27-47(48)55)43-33-41(36-18-7-2-8-19-36)32-42(34-43)37-20-9-3-10-21-37/h1-34H/i13D,14D,24D,26D. The average molecular weight is 707 g/mol. The second kappa shape index (κ2) is 13.8. The Morgan fingerprint density at radius 3 is 1.40 bits per heavy atom. The zero-order valence-electron chi connectivity index (χ0n) is 33.6. The Balaban J connectivity index is 1.26. The largest absolute Gasteiger partial charge is 0.278 e. The third-order valence-corrected chi connectivity index (χ3v) is 9.99. The van der Waals surface area contributed by atoms with Crippen LogP contribution in [-0.4, -0.2) is 19.5 Å². The minimum Gasteiger partial charge on any atom is -0.278 e. The van der Waals surface area contributed by atoms with Gasteiger partial charge in [0, 0.05) is 21.9 Å². The SMILES string of the molecule is [2H]c1c([2H])c([2H])c2c(c1[2H])c1c(-c3cc(-c4ccccc4)cc(-c4ccccc4)c3)cccc1n2-c1nc(-c2ccccc2)nc(-c2ccc(-c3ccccc3)cc2)n1. The van der Waals surface area contributed by atoms with Gasteiger partial charge in [0.2, 0.25) is 5.95 Å². The lowest BCUT2D eigenvalue weighted by atomic mass is 9.91. The molecule has 8 aromatic carbocycles. The van der Waals surface area contributed by atoms with Crippen LogP contribution in [0.2, 0.25) is 0 Å². The van der Waals surface area contributed by atoms with Crippen LogP contribution in [0.25, 0.3) is 95.0 Å². The Bertz CT molecular complexity index is 3110. The smallest absolute Gasteiger partial charge is 0.238 e. The zero-order valence-corrected chi connectivity index (χ0v) is 29.6. The van der Waals surface area contributed by atoms with Crippen molar-refractivity contribution in [2.24, 2.45) is 0 Å².